The molecule has 2 rings (SSSR count). The first-order chi connectivity index (χ1) is 11.9. The average Bonchev–Trinajstić information content (AvgIpc) is 2.58. The molecular weight excluding hydrogens is 387 g/mol. The van der Waals surface area contributed by atoms with Crippen LogP contribution in [0, 0.1) is 52.4 Å². The molecule has 0 saturated carbocycles. The predicted molar refractivity (Wildman–Crippen MR) is 62.9 cm³/mol. The van der Waals surface area contributed by atoms with E-state index in [9.17, 15) is 49.1 Å². The summed E-state index contributed by atoms with van der Waals surface area (Å²) in [6, 6.07) is 0. The molecule has 3 nitrogen and oxygen atoms in total. The van der Waals surface area contributed by atoms with Crippen LogP contribution in [0.4, 0.5) is 39.5 Å². The SMILES string of the molecule is O=C(O)c1c(F)c(F)c(F)c(F)c1C(=O)c1c(F)c(F)c(F)c(F)c1F. The van der Waals surface area contributed by atoms with Crippen molar-refractivity contribution in [2.75, 3.05) is 0 Å². The van der Waals surface area contributed by atoms with Crippen LogP contribution in [0.15, 0.2) is 0 Å². The Morgan fingerprint density at radius 3 is 1.08 bits per heavy atom. The lowest BCUT2D eigenvalue weighted by Gasteiger charge is -2.12. The van der Waals surface area contributed by atoms with Gasteiger partial charge in [-0.25, -0.2) is 44.3 Å². The molecule has 0 bridgehead atoms. The first-order valence-electron chi connectivity index (χ1n) is 6.08. The highest BCUT2D eigenvalue weighted by Gasteiger charge is 2.37. The third-order valence-corrected chi connectivity index (χ3v) is 3.14. The molecule has 0 heterocycles. The highest BCUT2D eigenvalue weighted by molar-refractivity contribution is 6.14. The molecule has 0 aromatic heterocycles. The van der Waals surface area contributed by atoms with E-state index >= 15 is 0 Å². The van der Waals surface area contributed by atoms with Crippen LogP contribution < -0.4 is 0 Å². The Morgan fingerprint density at radius 1 is 0.462 bits per heavy atom. The van der Waals surface area contributed by atoms with Crippen molar-refractivity contribution < 1.29 is 54.2 Å². The Labute approximate surface area is 136 Å². The molecule has 0 radical (unpaired) electrons. The summed E-state index contributed by atoms with van der Waals surface area (Å²) >= 11 is 0. The van der Waals surface area contributed by atoms with Crippen LogP contribution in [-0.4, -0.2) is 16.9 Å². The Hall–Kier alpha value is -3.05. The van der Waals surface area contributed by atoms with E-state index in [1.807, 2.05) is 0 Å². The zero-order valence-corrected chi connectivity index (χ0v) is 11.7. The second-order valence-corrected chi connectivity index (χ2v) is 4.59. The van der Waals surface area contributed by atoms with Crippen LogP contribution in [-0.2, 0) is 0 Å². The van der Waals surface area contributed by atoms with E-state index in [4.69, 9.17) is 5.11 Å². The number of carbonyl (C=O) groups excluding carboxylic acids is 1. The van der Waals surface area contributed by atoms with Crippen molar-refractivity contribution in [3.05, 3.63) is 69.0 Å². The smallest absolute Gasteiger partial charge is 0.339 e. The zero-order chi connectivity index (χ0) is 20.1. The van der Waals surface area contributed by atoms with Crippen molar-refractivity contribution in [3.63, 3.8) is 0 Å². The minimum absolute atomic E-state index is 2.20. The lowest BCUT2D eigenvalue weighted by molar-refractivity contribution is 0.0684. The molecule has 0 fully saturated rings. The summed E-state index contributed by atoms with van der Waals surface area (Å²) < 4.78 is 120. The van der Waals surface area contributed by atoms with Gasteiger partial charge in [-0.05, 0) is 0 Å². The van der Waals surface area contributed by atoms with Crippen LogP contribution in [0.2, 0.25) is 0 Å². The van der Waals surface area contributed by atoms with Crippen LogP contribution in [0.1, 0.15) is 26.3 Å². The maximum atomic E-state index is 13.8. The molecule has 0 spiro atoms. The fourth-order valence-corrected chi connectivity index (χ4v) is 1.97. The van der Waals surface area contributed by atoms with E-state index in [0.29, 0.717) is 0 Å². The van der Waals surface area contributed by atoms with E-state index in [0.717, 1.165) is 0 Å². The zero-order valence-electron chi connectivity index (χ0n) is 11.7. The van der Waals surface area contributed by atoms with E-state index < -0.39 is 80.8 Å². The van der Waals surface area contributed by atoms with Crippen LogP contribution in [0.3, 0.4) is 0 Å². The number of aromatic carboxylic acids is 1. The van der Waals surface area contributed by atoms with E-state index in [1.54, 1.807) is 0 Å². The second-order valence-electron chi connectivity index (χ2n) is 4.59. The summed E-state index contributed by atoms with van der Waals surface area (Å²) in [6.07, 6.45) is 0. The van der Waals surface area contributed by atoms with Crippen LogP contribution in [0.25, 0.3) is 0 Å². The van der Waals surface area contributed by atoms with Crippen molar-refractivity contribution in [2.24, 2.45) is 0 Å². The number of rotatable bonds is 3. The number of carboxylic acids is 1. The number of halogens is 9. The Morgan fingerprint density at radius 2 is 0.731 bits per heavy atom. The Kier molecular flexibility index (Phi) is 4.71. The summed E-state index contributed by atoms with van der Waals surface area (Å²) in [5.74, 6) is -29.6. The minimum Gasteiger partial charge on any atom is -0.478 e. The Balaban J connectivity index is 2.96. The van der Waals surface area contributed by atoms with Gasteiger partial charge in [-0.15, -0.1) is 0 Å². The molecule has 12 heteroatoms. The van der Waals surface area contributed by atoms with Crippen LogP contribution >= 0.6 is 0 Å². The number of hydrogen-bond donors (Lipinski definition) is 1. The first-order valence-corrected chi connectivity index (χ1v) is 6.08. The van der Waals surface area contributed by atoms with Gasteiger partial charge in [0.2, 0.25) is 11.6 Å². The molecule has 0 saturated heterocycles. The van der Waals surface area contributed by atoms with E-state index in [2.05, 4.69) is 0 Å². The van der Waals surface area contributed by atoms with Crippen LogP contribution in [0.5, 0.6) is 0 Å². The van der Waals surface area contributed by atoms with Crippen molar-refractivity contribution in [2.45, 2.75) is 0 Å². The van der Waals surface area contributed by atoms with E-state index in [-0.39, 0.29) is 0 Å². The summed E-state index contributed by atoms with van der Waals surface area (Å²) in [5.41, 5.74) is -6.85. The molecule has 0 amide bonds. The highest BCUT2D eigenvalue weighted by Crippen LogP contribution is 2.30. The topological polar surface area (TPSA) is 54.4 Å². The molecule has 0 aliphatic rings. The lowest BCUT2D eigenvalue weighted by Crippen LogP contribution is -2.21. The van der Waals surface area contributed by atoms with E-state index in [1.165, 1.54) is 0 Å². The van der Waals surface area contributed by atoms with Gasteiger partial charge in [-0.1, -0.05) is 0 Å². The minimum atomic E-state index is -2.74. The van der Waals surface area contributed by atoms with Gasteiger partial charge in [0.25, 0.3) is 0 Å². The number of carboxylic acid groups (broad SMARTS) is 1. The standard InChI is InChI=1S/C14HF9O3/c15-4-1(2(14(25)26)5(16)9(20)8(4)19)13(24)3-6(17)10(21)12(23)11(22)7(3)18/h(H,25,26). The number of hydrogen-bond acceptors (Lipinski definition) is 2. The molecule has 1 N–H and O–H groups in total. The lowest BCUT2D eigenvalue weighted by atomic mass is 9.95. The fourth-order valence-electron chi connectivity index (χ4n) is 1.97. The average molecular weight is 388 g/mol. The van der Waals surface area contributed by atoms with Gasteiger partial charge in [0.05, 0.1) is 5.56 Å². The predicted octanol–water partition coefficient (Wildman–Crippen LogP) is 3.87. The van der Waals surface area contributed by atoms with Gasteiger partial charge < -0.3 is 5.11 Å². The molecule has 0 atom stereocenters. The fraction of sp³-hybridized carbons (Fsp3) is 0. The van der Waals surface area contributed by atoms with Gasteiger partial charge in [0.1, 0.15) is 11.1 Å². The maximum Gasteiger partial charge on any atom is 0.339 e. The maximum absolute atomic E-state index is 13.8. The molecule has 0 aliphatic heterocycles. The van der Waals surface area contributed by atoms with Crippen molar-refractivity contribution in [3.8, 4) is 0 Å². The molecule has 2 aromatic carbocycles. The summed E-state index contributed by atoms with van der Waals surface area (Å²) in [7, 11) is 0. The van der Waals surface area contributed by atoms with Gasteiger partial charge in [-0.3, -0.25) is 4.79 Å². The second kappa shape index (κ2) is 6.35. The normalized spacial score (nSPS) is 11.0. The largest absolute Gasteiger partial charge is 0.478 e. The summed E-state index contributed by atoms with van der Waals surface area (Å²) in [5, 5.41) is 8.73. The van der Waals surface area contributed by atoms with Crippen molar-refractivity contribution >= 4 is 11.8 Å². The van der Waals surface area contributed by atoms with Gasteiger partial charge in [0, 0.05) is 0 Å². The third kappa shape index (κ3) is 2.57. The molecule has 0 aliphatic carbocycles. The molecule has 138 valence electrons. The quantitative estimate of drug-likeness (QED) is 0.376. The van der Waals surface area contributed by atoms with Gasteiger partial charge in [-0.2, -0.15) is 0 Å². The van der Waals surface area contributed by atoms with Crippen molar-refractivity contribution in [1.82, 2.24) is 0 Å². The van der Waals surface area contributed by atoms with Gasteiger partial charge in [0.15, 0.2) is 46.5 Å². The summed E-state index contributed by atoms with van der Waals surface area (Å²) in [6.45, 7) is 0. The first kappa shape index (κ1) is 19.3. The Bertz CT molecular complexity index is 956. The monoisotopic (exact) mass is 388 g/mol. The molecule has 0 unspecified atom stereocenters. The molecule has 2 aromatic rings. The van der Waals surface area contributed by atoms with Crippen molar-refractivity contribution in [1.29, 1.82) is 0 Å². The highest BCUT2D eigenvalue weighted by atomic mass is 19.2. The number of benzene rings is 2. The number of carbonyl (C=O) groups is 2. The number of ketones is 1. The van der Waals surface area contributed by atoms with Gasteiger partial charge >= 0.3 is 5.97 Å². The summed E-state index contributed by atoms with van der Waals surface area (Å²) in [4.78, 5) is 22.9. The molecule has 26 heavy (non-hydrogen) atoms. The molecular formula is C14HF9O3. The third-order valence-electron chi connectivity index (χ3n) is 3.14.